The van der Waals surface area contributed by atoms with Crippen molar-refractivity contribution in [3.63, 3.8) is 0 Å². The molecule has 8 heteroatoms. The predicted octanol–water partition coefficient (Wildman–Crippen LogP) is 3.78. The summed E-state index contributed by atoms with van der Waals surface area (Å²) in [6.07, 6.45) is -2.77. The van der Waals surface area contributed by atoms with Crippen LogP contribution in [-0.4, -0.2) is 25.2 Å². The fraction of sp³-hybridized carbons (Fsp3) is 0.176. The molecule has 0 saturated carbocycles. The Labute approximate surface area is 141 Å². The number of halogens is 2. The van der Waals surface area contributed by atoms with Crippen molar-refractivity contribution >= 4 is 11.0 Å². The highest BCUT2D eigenvalue weighted by atomic mass is 19.3. The third kappa shape index (κ3) is 3.10. The molecule has 2 aromatic carbocycles. The minimum absolute atomic E-state index is 0.0697. The van der Waals surface area contributed by atoms with Crippen molar-refractivity contribution in [3.05, 3.63) is 59.5 Å². The van der Waals surface area contributed by atoms with Gasteiger partial charge >= 0.3 is 6.43 Å². The van der Waals surface area contributed by atoms with Crippen molar-refractivity contribution in [2.24, 2.45) is 0 Å². The van der Waals surface area contributed by atoms with Gasteiger partial charge in [0.15, 0.2) is 0 Å². The molecule has 0 radical (unpaired) electrons. The molecule has 0 unspecified atom stereocenters. The Kier molecular flexibility index (Phi) is 3.72. The summed E-state index contributed by atoms with van der Waals surface area (Å²) < 4.78 is 29.9. The van der Waals surface area contributed by atoms with Gasteiger partial charge in [-0.05, 0) is 42.3 Å². The molecule has 0 aliphatic rings. The summed E-state index contributed by atoms with van der Waals surface area (Å²) in [5.74, 6) is -0.609. The zero-order valence-electron chi connectivity index (χ0n) is 13.2. The lowest BCUT2D eigenvalue weighted by atomic mass is 10.1. The molecule has 0 bridgehead atoms. The second-order valence-corrected chi connectivity index (χ2v) is 5.67. The van der Waals surface area contributed by atoms with Gasteiger partial charge in [0.2, 0.25) is 5.89 Å². The van der Waals surface area contributed by atoms with Crippen LogP contribution in [0.25, 0.3) is 22.5 Å². The molecule has 2 aromatic heterocycles. The number of nitrogens with zero attached hydrogens (tertiary/aromatic N) is 5. The van der Waals surface area contributed by atoms with Crippen LogP contribution in [0.3, 0.4) is 0 Å². The summed E-state index contributed by atoms with van der Waals surface area (Å²) in [5.41, 5.74) is 4.37. The van der Waals surface area contributed by atoms with Crippen LogP contribution in [-0.2, 0) is 6.54 Å². The van der Waals surface area contributed by atoms with Crippen molar-refractivity contribution in [2.45, 2.75) is 19.9 Å². The Morgan fingerprint density at radius 3 is 2.48 bits per heavy atom. The molecule has 0 N–H and O–H groups in total. The van der Waals surface area contributed by atoms with Gasteiger partial charge in [0.25, 0.3) is 5.89 Å². The van der Waals surface area contributed by atoms with Gasteiger partial charge in [-0.15, -0.1) is 10.2 Å². The molecule has 0 fully saturated rings. The predicted molar refractivity (Wildman–Crippen MR) is 86.1 cm³/mol. The summed E-state index contributed by atoms with van der Waals surface area (Å²) in [5, 5.41) is 15.8. The lowest BCUT2D eigenvalue weighted by Crippen LogP contribution is -2.03. The number of rotatable bonds is 4. The van der Waals surface area contributed by atoms with Crippen molar-refractivity contribution in [1.82, 2.24) is 25.2 Å². The Morgan fingerprint density at radius 2 is 1.76 bits per heavy atom. The largest absolute Gasteiger partial charge is 0.415 e. The molecule has 2 heterocycles. The monoisotopic (exact) mass is 341 g/mol. The van der Waals surface area contributed by atoms with E-state index in [1.165, 1.54) is 0 Å². The normalized spacial score (nSPS) is 11.5. The maximum atomic E-state index is 12.5. The molecular formula is C17H13F2N5O. The van der Waals surface area contributed by atoms with Crippen LogP contribution in [0.1, 0.15) is 23.4 Å². The molecule has 25 heavy (non-hydrogen) atoms. The summed E-state index contributed by atoms with van der Waals surface area (Å²) >= 11 is 0. The van der Waals surface area contributed by atoms with Crippen molar-refractivity contribution < 1.29 is 13.2 Å². The smallest absolute Gasteiger partial charge is 0.314 e. The Balaban J connectivity index is 1.54. The van der Waals surface area contributed by atoms with Crippen LogP contribution in [0.2, 0.25) is 0 Å². The number of benzene rings is 2. The summed E-state index contributed by atoms with van der Waals surface area (Å²) in [7, 11) is 0. The van der Waals surface area contributed by atoms with Crippen LogP contribution < -0.4 is 0 Å². The molecule has 0 amide bonds. The van der Waals surface area contributed by atoms with E-state index < -0.39 is 12.3 Å². The third-order valence-electron chi connectivity index (χ3n) is 3.73. The van der Waals surface area contributed by atoms with Crippen LogP contribution in [0, 0.1) is 6.92 Å². The lowest BCUT2D eigenvalue weighted by Gasteiger charge is -2.01. The van der Waals surface area contributed by atoms with E-state index in [2.05, 4.69) is 20.4 Å². The van der Waals surface area contributed by atoms with E-state index in [0.29, 0.717) is 12.1 Å². The molecule has 6 nitrogen and oxygen atoms in total. The Bertz CT molecular complexity index is 1020. The van der Waals surface area contributed by atoms with E-state index in [-0.39, 0.29) is 5.89 Å². The average molecular weight is 341 g/mol. The van der Waals surface area contributed by atoms with Crippen LogP contribution in [0.4, 0.5) is 8.78 Å². The molecule has 4 rings (SSSR count). The third-order valence-corrected chi connectivity index (χ3v) is 3.73. The summed E-state index contributed by atoms with van der Waals surface area (Å²) in [4.78, 5) is 1.63. The fourth-order valence-electron chi connectivity index (χ4n) is 2.50. The number of hydrogen-bond acceptors (Lipinski definition) is 5. The number of alkyl halides is 2. The lowest BCUT2D eigenvalue weighted by molar-refractivity contribution is 0.116. The maximum absolute atomic E-state index is 12.5. The molecule has 0 saturated heterocycles. The zero-order chi connectivity index (χ0) is 17.4. The standard InChI is InChI=1S/C17H13F2N5O/c1-10-2-7-13-14(8-10)23-24(22-13)9-11-3-5-12(6-4-11)16-20-21-17(25-16)15(18)19/h2-8,15H,9H2,1H3. The minimum Gasteiger partial charge on any atom is -0.415 e. The highest BCUT2D eigenvalue weighted by Gasteiger charge is 2.16. The van der Waals surface area contributed by atoms with E-state index in [9.17, 15) is 8.78 Å². The quantitative estimate of drug-likeness (QED) is 0.565. The molecular weight excluding hydrogens is 328 g/mol. The topological polar surface area (TPSA) is 69.6 Å². The molecule has 0 aliphatic heterocycles. The first-order valence-corrected chi connectivity index (χ1v) is 7.61. The highest BCUT2D eigenvalue weighted by Crippen LogP contribution is 2.23. The first kappa shape index (κ1) is 15.4. The molecule has 0 spiro atoms. The Morgan fingerprint density at radius 1 is 1.00 bits per heavy atom. The van der Waals surface area contributed by atoms with Crippen LogP contribution in [0.5, 0.6) is 0 Å². The number of aromatic nitrogens is 5. The zero-order valence-corrected chi connectivity index (χ0v) is 13.2. The van der Waals surface area contributed by atoms with Gasteiger partial charge in [0.1, 0.15) is 11.0 Å². The number of fused-ring (bicyclic) bond motifs is 1. The van der Waals surface area contributed by atoms with Crippen LogP contribution in [0.15, 0.2) is 46.9 Å². The summed E-state index contributed by atoms with van der Waals surface area (Å²) in [6.45, 7) is 2.51. The maximum Gasteiger partial charge on any atom is 0.314 e. The molecule has 0 atom stereocenters. The minimum atomic E-state index is -2.77. The van der Waals surface area contributed by atoms with Crippen molar-refractivity contribution in [2.75, 3.05) is 0 Å². The van der Waals surface area contributed by atoms with Gasteiger partial charge in [0, 0.05) is 5.56 Å². The van der Waals surface area contributed by atoms with Gasteiger partial charge < -0.3 is 4.42 Å². The van der Waals surface area contributed by atoms with E-state index >= 15 is 0 Å². The number of hydrogen-bond donors (Lipinski definition) is 0. The van der Waals surface area contributed by atoms with Crippen molar-refractivity contribution in [1.29, 1.82) is 0 Å². The van der Waals surface area contributed by atoms with Gasteiger partial charge in [-0.3, -0.25) is 0 Å². The SMILES string of the molecule is Cc1ccc2nn(Cc3ccc(-c4nnc(C(F)F)o4)cc3)nc2c1. The van der Waals surface area contributed by atoms with E-state index in [1.54, 1.807) is 16.9 Å². The fourth-order valence-corrected chi connectivity index (χ4v) is 2.50. The first-order chi connectivity index (χ1) is 12.1. The van der Waals surface area contributed by atoms with Gasteiger partial charge in [-0.2, -0.15) is 23.8 Å². The molecule has 4 aromatic rings. The Hall–Kier alpha value is -3.16. The summed E-state index contributed by atoms with van der Waals surface area (Å²) in [6, 6.07) is 13.1. The second-order valence-electron chi connectivity index (χ2n) is 5.67. The van der Waals surface area contributed by atoms with Crippen molar-refractivity contribution in [3.8, 4) is 11.5 Å². The van der Waals surface area contributed by atoms with E-state index in [4.69, 9.17) is 4.42 Å². The number of aryl methyl sites for hydroxylation is 1. The first-order valence-electron chi connectivity index (χ1n) is 7.61. The van der Waals surface area contributed by atoms with Gasteiger partial charge in [0.05, 0.1) is 6.54 Å². The van der Waals surface area contributed by atoms with Crippen LogP contribution >= 0.6 is 0 Å². The van der Waals surface area contributed by atoms with Gasteiger partial charge in [-0.25, -0.2) is 0 Å². The van der Waals surface area contributed by atoms with E-state index in [1.807, 2.05) is 37.3 Å². The van der Waals surface area contributed by atoms with Gasteiger partial charge in [-0.1, -0.05) is 18.2 Å². The highest BCUT2D eigenvalue weighted by molar-refractivity contribution is 5.74. The second kappa shape index (κ2) is 6.04. The molecule has 0 aliphatic carbocycles. The average Bonchev–Trinajstić information content (AvgIpc) is 3.22. The molecule has 126 valence electrons. The van der Waals surface area contributed by atoms with E-state index in [0.717, 1.165) is 22.2 Å².